The fourth-order valence-electron chi connectivity index (χ4n) is 2.64. The maximum Gasteiger partial charge on any atom is 0.126 e. The van der Waals surface area contributed by atoms with Gasteiger partial charge in [0.15, 0.2) is 0 Å². The molecule has 0 aliphatic carbocycles. The molecule has 1 heterocycles. The molecule has 0 saturated carbocycles. The van der Waals surface area contributed by atoms with E-state index < -0.39 is 0 Å². The first kappa shape index (κ1) is 14.5. The standard InChI is InChI=1S/C16H24FNO/c1-3-7-18-16(10-13-6-8-19-11-13)14-4-5-15(17)12(2)9-14/h4-5,9,13,16,18H,3,6-8,10-11H2,1-2H3. The first-order chi connectivity index (χ1) is 9.20. The van der Waals surface area contributed by atoms with Crippen molar-refractivity contribution in [1.29, 1.82) is 0 Å². The lowest BCUT2D eigenvalue weighted by molar-refractivity contribution is 0.181. The molecule has 1 saturated heterocycles. The van der Waals surface area contributed by atoms with Crippen LogP contribution in [0.2, 0.25) is 0 Å². The third kappa shape index (κ3) is 4.02. The predicted molar refractivity (Wildman–Crippen MR) is 75.7 cm³/mol. The number of aryl methyl sites for hydroxylation is 1. The minimum atomic E-state index is -0.123. The van der Waals surface area contributed by atoms with Gasteiger partial charge in [0, 0.05) is 19.3 Å². The average Bonchev–Trinajstić information content (AvgIpc) is 2.91. The van der Waals surface area contributed by atoms with Crippen molar-refractivity contribution in [2.75, 3.05) is 19.8 Å². The zero-order chi connectivity index (χ0) is 13.7. The van der Waals surface area contributed by atoms with Crippen LogP contribution in [0.3, 0.4) is 0 Å². The van der Waals surface area contributed by atoms with Crippen molar-refractivity contribution in [3.63, 3.8) is 0 Å². The third-order valence-corrected chi connectivity index (χ3v) is 3.82. The Kier molecular flexibility index (Phi) is 5.34. The number of halogens is 1. The van der Waals surface area contributed by atoms with Gasteiger partial charge < -0.3 is 10.1 Å². The van der Waals surface area contributed by atoms with Crippen LogP contribution in [0.1, 0.15) is 43.4 Å². The van der Waals surface area contributed by atoms with E-state index in [9.17, 15) is 4.39 Å². The summed E-state index contributed by atoms with van der Waals surface area (Å²) in [5.74, 6) is 0.502. The van der Waals surface area contributed by atoms with Crippen LogP contribution < -0.4 is 5.32 Å². The smallest absolute Gasteiger partial charge is 0.126 e. The van der Waals surface area contributed by atoms with E-state index >= 15 is 0 Å². The molecule has 1 aliphatic rings. The largest absolute Gasteiger partial charge is 0.381 e. The molecule has 106 valence electrons. The van der Waals surface area contributed by atoms with Crippen molar-refractivity contribution in [2.24, 2.45) is 5.92 Å². The van der Waals surface area contributed by atoms with Gasteiger partial charge >= 0.3 is 0 Å². The zero-order valence-electron chi connectivity index (χ0n) is 11.9. The van der Waals surface area contributed by atoms with Crippen molar-refractivity contribution in [3.8, 4) is 0 Å². The van der Waals surface area contributed by atoms with Crippen LogP contribution in [-0.4, -0.2) is 19.8 Å². The van der Waals surface area contributed by atoms with Crippen molar-refractivity contribution in [2.45, 2.75) is 39.2 Å². The Balaban J connectivity index is 2.08. The highest BCUT2D eigenvalue weighted by Gasteiger charge is 2.21. The van der Waals surface area contributed by atoms with Gasteiger partial charge in [0.05, 0.1) is 0 Å². The summed E-state index contributed by atoms with van der Waals surface area (Å²) in [7, 11) is 0. The molecule has 0 amide bonds. The van der Waals surface area contributed by atoms with Gasteiger partial charge in [0.25, 0.3) is 0 Å². The molecule has 2 nitrogen and oxygen atoms in total. The van der Waals surface area contributed by atoms with Crippen molar-refractivity contribution >= 4 is 0 Å². The SMILES string of the molecule is CCCNC(CC1CCOC1)c1ccc(F)c(C)c1. The van der Waals surface area contributed by atoms with Gasteiger partial charge in [0.2, 0.25) is 0 Å². The molecular weight excluding hydrogens is 241 g/mol. The summed E-state index contributed by atoms with van der Waals surface area (Å²) in [6.07, 6.45) is 3.33. The van der Waals surface area contributed by atoms with Crippen LogP contribution in [0.5, 0.6) is 0 Å². The van der Waals surface area contributed by atoms with Gasteiger partial charge in [-0.2, -0.15) is 0 Å². The minimum absolute atomic E-state index is 0.123. The van der Waals surface area contributed by atoms with E-state index in [1.165, 1.54) is 5.56 Å². The van der Waals surface area contributed by atoms with E-state index in [-0.39, 0.29) is 5.82 Å². The topological polar surface area (TPSA) is 21.3 Å². The first-order valence-electron chi connectivity index (χ1n) is 7.28. The molecule has 0 radical (unpaired) electrons. The van der Waals surface area contributed by atoms with Gasteiger partial charge in [-0.25, -0.2) is 4.39 Å². The van der Waals surface area contributed by atoms with Crippen LogP contribution in [0.15, 0.2) is 18.2 Å². The molecule has 2 atom stereocenters. The van der Waals surface area contributed by atoms with Crippen LogP contribution in [0.4, 0.5) is 4.39 Å². The molecule has 2 unspecified atom stereocenters. The van der Waals surface area contributed by atoms with Crippen LogP contribution in [-0.2, 0) is 4.74 Å². The van der Waals surface area contributed by atoms with Gasteiger partial charge in [-0.15, -0.1) is 0 Å². The summed E-state index contributed by atoms with van der Waals surface area (Å²) in [5, 5.41) is 3.58. The molecule has 0 spiro atoms. The first-order valence-corrected chi connectivity index (χ1v) is 7.28. The summed E-state index contributed by atoms with van der Waals surface area (Å²) < 4.78 is 18.8. The Morgan fingerprint density at radius 2 is 2.32 bits per heavy atom. The van der Waals surface area contributed by atoms with E-state index in [2.05, 4.69) is 12.2 Å². The predicted octanol–water partition coefficient (Wildman–Crippen LogP) is 3.60. The summed E-state index contributed by atoms with van der Waals surface area (Å²) in [6.45, 7) is 6.74. The van der Waals surface area contributed by atoms with Gasteiger partial charge in [-0.1, -0.05) is 19.1 Å². The van der Waals surface area contributed by atoms with Crippen molar-refractivity contribution in [3.05, 3.63) is 35.1 Å². The molecule has 1 aliphatic heterocycles. The van der Waals surface area contributed by atoms with Gasteiger partial charge in [-0.05, 0) is 55.8 Å². The van der Waals surface area contributed by atoms with Crippen molar-refractivity contribution < 1.29 is 9.13 Å². The average molecular weight is 265 g/mol. The third-order valence-electron chi connectivity index (χ3n) is 3.82. The van der Waals surface area contributed by atoms with Gasteiger partial charge in [0.1, 0.15) is 5.82 Å². The normalized spacial score (nSPS) is 20.7. The van der Waals surface area contributed by atoms with Crippen LogP contribution in [0, 0.1) is 18.7 Å². The molecule has 3 heteroatoms. The molecule has 1 fully saturated rings. The maximum absolute atomic E-state index is 13.4. The number of hydrogen-bond donors (Lipinski definition) is 1. The highest BCUT2D eigenvalue weighted by molar-refractivity contribution is 5.26. The second-order valence-corrected chi connectivity index (χ2v) is 5.48. The lowest BCUT2D eigenvalue weighted by Gasteiger charge is -2.22. The molecule has 1 N–H and O–H groups in total. The Morgan fingerprint density at radius 3 is 2.95 bits per heavy atom. The number of nitrogens with one attached hydrogen (secondary N) is 1. The van der Waals surface area contributed by atoms with E-state index in [4.69, 9.17) is 4.74 Å². The fourth-order valence-corrected chi connectivity index (χ4v) is 2.64. The monoisotopic (exact) mass is 265 g/mol. The Labute approximate surface area is 115 Å². The maximum atomic E-state index is 13.4. The van der Waals surface area contributed by atoms with Crippen LogP contribution >= 0.6 is 0 Å². The zero-order valence-corrected chi connectivity index (χ0v) is 11.9. The number of ether oxygens (including phenoxy) is 1. The lowest BCUT2D eigenvalue weighted by atomic mass is 9.93. The fraction of sp³-hybridized carbons (Fsp3) is 0.625. The number of benzene rings is 1. The van der Waals surface area contributed by atoms with Gasteiger partial charge in [-0.3, -0.25) is 0 Å². The lowest BCUT2D eigenvalue weighted by Crippen LogP contribution is -2.25. The number of rotatable bonds is 6. The second kappa shape index (κ2) is 7.01. The highest BCUT2D eigenvalue weighted by Crippen LogP contribution is 2.27. The molecule has 0 bridgehead atoms. The van der Waals surface area contributed by atoms with E-state index in [0.29, 0.717) is 12.0 Å². The molecule has 0 aromatic heterocycles. The molecule has 2 rings (SSSR count). The minimum Gasteiger partial charge on any atom is -0.381 e. The number of hydrogen-bond acceptors (Lipinski definition) is 2. The summed E-state index contributed by atoms with van der Waals surface area (Å²) in [6, 6.07) is 5.77. The molecular formula is C16H24FNO. The highest BCUT2D eigenvalue weighted by atomic mass is 19.1. The molecule has 1 aromatic carbocycles. The summed E-state index contributed by atoms with van der Waals surface area (Å²) >= 11 is 0. The molecule has 1 aromatic rings. The van der Waals surface area contributed by atoms with Crippen LogP contribution in [0.25, 0.3) is 0 Å². The second-order valence-electron chi connectivity index (χ2n) is 5.48. The Bertz CT molecular complexity index is 402. The van der Waals surface area contributed by atoms with E-state index in [0.717, 1.165) is 44.6 Å². The molecule has 19 heavy (non-hydrogen) atoms. The summed E-state index contributed by atoms with van der Waals surface area (Å²) in [4.78, 5) is 0. The Morgan fingerprint density at radius 1 is 1.47 bits per heavy atom. The Hall–Kier alpha value is -0.930. The van der Waals surface area contributed by atoms with E-state index in [1.807, 2.05) is 19.1 Å². The van der Waals surface area contributed by atoms with Crippen molar-refractivity contribution in [1.82, 2.24) is 5.32 Å². The summed E-state index contributed by atoms with van der Waals surface area (Å²) in [5.41, 5.74) is 1.92. The van der Waals surface area contributed by atoms with E-state index in [1.54, 1.807) is 6.07 Å². The quantitative estimate of drug-likeness (QED) is 0.848.